The molecule has 0 bridgehead atoms. The van der Waals surface area contributed by atoms with Gasteiger partial charge in [0, 0.05) is 30.8 Å². The molecule has 2 N–H and O–H groups in total. The van der Waals surface area contributed by atoms with Crippen molar-refractivity contribution in [3.05, 3.63) is 0 Å². The van der Waals surface area contributed by atoms with Crippen molar-refractivity contribution in [2.24, 2.45) is 11.3 Å². The van der Waals surface area contributed by atoms with Crippen LogP contribution in [0.2, 0.25) is 18.1 Å². The molecule has 0 aromatic carbocycles. The standard InChI is InChI=1S/C21H38O5Si/c1-16(26-27(7,8)18(2,3)4)9-10-21(23)17(14-22)13-20(15-19(21,5)6)24-11-12-25-20/h16-17,22-23H,11-15H2,1-8H3/t16-,17?,21?/m1/s1. The number of hydrogen-bond acceptors (Lipinski definition) is 5. The maximum atomic E-state index is 11.5. The molecule has 0 aromatic heterocycles. The van der Waals surface area contributed by atoms with Gasteiger partial charge in [0.2, 0.25) is 0 Å². The molecule has 1 spiro atoms. The summed E-state index contributed by atoms with van der Waals surface area (Å²) in [6.45, 7) is 17.8. The summed E-state index contributed by atoms with van der Waals surface area (Å²) < 4.78 is 18.0. The van der Waals surface area contributed by atoms with Gasteiger partial charge in [-0.1, -0.05) is 46.5 Å². The van der Waals surface area contributed by atoms with Gasteiger partial charge in [0.25, 0.3) is 0 Å². The molecule has 27 heavy (non-hydrogen) atoms. The van der Waals surface area contributed by atoms with Gasteiger partial charge in [0.05, 0.1) is 13.2 Å². The molecule has 0 radical (unpaired) electrons. The van der Waals surface area contributed by atoms with E-state index in [0.717, 1.165) is 0 Å². The molecule has 5 nitrogen and oxygen atoms in total. The van der Waals surface area contributed by atoms with Crippen molar-refractivity contribution < 1.29 is 24.1 Å². The highest BCUT2D eigenvalue weighted by molar-refractivity contribution is 6.74. The largest absolute Gasteiger partial charge is 0.404 e. The molecule has 1 aliphatic carbocycles. The molecule has 2 fully saturated rings. The van der Waals surface area contributed by atoms with E-state index in [0.29, 0.717) is 26.1 Å². The molecule has 1 aliphatic heterocycles. The first-order chi connectivity index (χ1) is 12.2. The van der Waals surface area contributed by atoms with Crippen LogP contribution in [0.15, 0.2) is 0 Å². The summed E-state index contributed by atoms with van der Waals surface area (Å²) in [6, 6.07) is 0. The van der Waals surface area contributed by atoms with Crippen molar-refractivity contribution >= 4 is 8.32 Å². The molecule has 0 amide bonds. The van der Waals surface area contributed by atoms with Crippen molar-refractivity contribution in [2.75, 3.05) is 19.8 Å². The zero-order valence-corrected chi connectivity index (χ0v) is 19.3. The minimum Gasteiger partial charge on any atom is -0.404 e. The Labute approximate surface area is 165 Å². The molecule has 1 saturated heterocycles. The topological polar surface area (TPSA) is 68.2 Å². The lowest BCUT2D eigenvalue weighted by molar-refractivity contribution is -0.254. The van der Waals surface area contributed by atoms with Crippen molar-refractivity contribution in [3.63, 3.8) is 0 Å². The van der Waals surface area contributed by atoms with Crippen molar-refractivity contribution in [1.29, 1.82) is 0 Å². The van der Waals surface area contributed by atoms with E-state index < -0.39 is 31.0 Å². The number of ether oxygens (including phenoxy) is 2. The lowest BCUT2D eigenvalue weighted by Gasteiger charge is -2.53. The quantitative estimate of drug-likeness (QED) is 0.564. The van der Waals surface area contributed by atoms with E-state index in [4.69, 9.17) is 13.9 Å². The third-order valence-corrected chi connectivity index (χ3v) is 11.2. The van der Waals surface area contributed by atoms with Gasteiger partial charge in [-0.2, -0.15) is 0 Å². The normalized spacial score (nSPS) is 31.4. The zero-order chi connectivity index (χ0) is 20.7. The summed E-state index contributed by atoms with van der Waals surface area (Å²) in [6.07, 6.45) is 0.703. The fraction of sp³-hybridized carbons (Fsp3) is 0.905. The van der Waals surface area contributed by atoms with E-state index in [9.17, 15) is 10.2 Å². The summed E-state index contributed by atoms with van der Waals surface area (Å²) >= 11 is 0. The lowest BCUT2D eigenvalue weighted by Crippen LogP contribution is -2.61. The second-order valence-electron chi connectivity index (χ2n) is 10.3. The Hall–Kier alpha value is -0.423. The highest BCUT2D eigenvalue weighted by atomic mass is 28.4. The van der Waals surface area contributed by atoms with Crippen molar-refractivity contribution in [3.8, 4) is 11.8 Å². The number of rotatable bonds is 3. The van der Waals surface area contributed by atoms with Gasteiger partial charge in [-0.3, -0.25) is 0 Å². The average Bonchev–Trinajstić information content (AvgIpc) is 2.95. The van der Waals surface area contributed by atoms with Gasteiger partial charge in [-0.25, -0.2) is 0 Å². The van der Waals surface area contributed by atoms with Crippen LogP contribution in [0.5, 0.6) is 0 Å². The van der Waals surface area contributed by atoms with E-state index in [1.54, 1.807) is 0 Å². The Morgan fingerprint density at radius 3 is 2.26 bits per heavy atom. The van der Waals surface area contributed by atoms with Crippen molar-refractivity contribution in [2.45, 2.75) is 90.0 Å². The Balaban J connectivity index is 2.24. The van der Waals surface area contributed by atoms with Gasteiger partial charge in [0.15, 0.2) is 14.1 Å². The molecule has 1 heterocycles. The van der Waals surface area contributed by atoms with E-state index in [2.05, 4.69) is 45.7 Å². The monoisotopic (exact) mass is 398 g/mol. The minimum atomic E-state index is -1.94. The number of aliphatic hydroxyl groups is 2. The molecule has 3 atom stereocenters. The molecule has 6 heteroatoms. The number of aliphatic hydroxyl groups excluding tert-OH is 1. The van der Waals surface area contributed by atoms with E-state index in [-0.39, 0.29) is 17.7 Å². The van der Waals surface area contributed by atoms with E-state index in [1.807, 2.05) is 20.8 Å². The zero-order valence-electron chi connectivity index (χ0n) is 18.3. The van der Waals surface area contributed by atoms with E-state index in [1.165, 1.54) is 0 Å². The first kappa shape index (κ1) is 22.9. The SMILES string of the molecule is C[C@H](C#CC1(O)C(CO)CC2(CC1(C)C)OCCO2)O[Si](C)(C)C(C)(C)C. The molecule has 156 valence electrons. The Kier molecular flexibility index (Phi) is 6.30. The number of hydrogen-bond donors (Lipinski definition) is 2. The van der Waals surface area contributed by atoms with Crippen LogP contribution in [0.4, 0.5) is 0 Å². The van der Waals surface area contributed by atoms with Crippen molar-refractivity contribution in [1.82, 2.24) is 0 Å². The van der Waals surface area contributed by atoms with Crippen LogP contribution in [0.25, 0.3) is 0 Å². The highest BCUT2D eigenvalue weighted by Gasteiger charge is 2.60. The van der Waals surface area contributed by atoms with Gasteiger partial charge in [-0.05, 0) is 25.1 Å². The average molecular weight is 399 g/mol. The maximum Gasteiger partial charge on any atom is 0.193 e. The summed E-state index contributed by atoms with van der Waals surface area (Å²) in [5.74, 6) is 5.09. The van der Waals surface area contributed by atoms with Crippen LogP contribution >= 0.6 is 0 Å². The first-order valence-electron chi connectivity index (χ1n) is 10.00. The predicted molar refractivity (Wildman–Crippen MR) is 109 cm³/mol. The van der Waals surface area contributed by atoms with Crippen LogP contribution in [0, 0.1) is 23.2 Å². The summed E-state index contributed by atoms with van der Waals surface area (Å²) in [5.41, 5.74) is -1.92. The highest BCUT2D eigenvalue weighted by Crippen LogP contribution is 2.53. The molecule has 1 saturated carbocycles. The molecular formula is C21H38O5Si. The smallest absolute Gasteiger partial charge is 0.193 e. The molecular weight excluding hydrogens is 360 g/mol. The second-order valence-corrected chi connectivity index (χ2v) is 15.1. The first-order valence-corrected chi connectivity index (χ1v) is 12.9. The Bertz CT molecular complexity index is 592. The summed E-state index contributed by atoms with van der Waals surface area (Å²) in [5, 5.41) is 21.6. The third kappa shape index (κ3) is 4.44. The second kappa shape index (κ2) is 7.44. The third-order valence-electron chi connectivity index (χ3n) is 6.67. The van der Waals surface area contributed by atoms with Gasteiger partial charge in [-0.15, -0.1) is 0 Å². The van der Waals surface area contributed by atoms with Gasteiger partial charge < -0.3 is 24.1 Å². The fourth-order valence-corrected chi connectivity index (χ4v) is 5.30. The van der Waals surface area contributed by atoms with E-state index >= 15 is 0 Å². The Morgan fingerprint density at radius 2 is 1.78 bits per heavy atom. The molecule has 0 aromatic rings. The van der Waals surface area contributed by atoms with Crippen LogP contribution in [-0.2, 0) is 13.9 Å². The Morgan fingerprint density at radius 1 is 1.22 bits per heavy atom. The summed E-state index contributed by atoms with van der Waals surface area (Å²) in [7, 11) is -1.94. The molecule has 2 rings (SSSR count). The molecule has 2 aliphatic rings. The minimum absolute atomic E-state index is 0.0983. The fourth-order valence-electron chi connectivity index (χ4n) is 4.00. The van der Waals surface area contributed by atoms with Crippen LogP contribution < -0.4 is 0 Å². The van der Waals surface area contributed by atoms with Crippen LogP contribution in [-0.4, -0.2) is 55.8 Å². The van der Waals surface area contributed by atoms with Crippen LogP contribution in [0.3, 0.4) is 0 Å². The molecule has 2 unspecified atom stereocenters. The predicted octanol–water partition coefficient (Wildman–Crippen LogP) is 3.30. The van der Waals surface area contributed by atoms with Gasteiger partial charge in [0.1, 0.15) is 11.7 Å². The lowest BCUT2D eigenvalue weighted by atomic mass is 9.58. The summed E-state index contributed by atoms with van der Waals surface area (Å²) in [4.78, 5) is 0. The maximum absolute atomic E-state index is 11.5. The van der Waals surface area contributed by atoms with Gasteiger partial charge >= 0.3 is 0 Å². The van der Waals surface area contributed by atoms with Crippen LogP contribution in [0.1, 0.15) is 54.4 Å².